The lowest BCUT2D eigenvalue weighted by Gasteiger charge is -2.19. The van der Waals surface area contributed by atoms with Crippen molar-refractivity contribution >= 4 is 17.7 Å². The Morgan fingerprint density at radius 2 is 1.50 bits per heavy atom. The van der Waals surface area contributed by atoms with E-state index >= 15 is 0 Å². The maximum Gasteiger partial charge on any atom is 0.269 e. The van der Waals surface area contributed by atoms with Crippen molar-refractivity contribution in [1.29, 1.82) is 0 Å². The van der Waals surface area contributed by atoms with E-state index in [-0.39, 0.29) is 11.0 Å². The quantitative estimate of drug-likeness (QED) is 0.707. The molecule has 1 atom stereocenters. The summed E-state index contributed by atoms with van der Waals surface area (Å²) in [5.74, 6) is -2.52. The lowest BCUT2D eigenvalue weighted by molar-refractivity contribution is -0.123. The average molecular weight is 385 g/mol. The fourth-order valence-electron chi connectivity index (χ4n) is 2.41. The Morgan fingerprint density at radius 3 is 2.07 bits per heavy atom. The highest BCUT2D eigenvalue weighted by Gasteiger charge is 2.19. The molecule has 0 saturated heterocycles. The number of rotatable bonds is 4. The first-order valence-electron chi connectivity index (χ1n) is 8.85. The van der Waals surface area contributed by atoms with Gasteiger partial charge in [-0.15, -0.1) is 0 Å². The molecule has 2 aromatic rings. The SMILES string of the molecule is C[C@@H](NC(=O)c1ccccc1F)C(=O)NNC(=O)c1ccc(C(C)(C)C)cc1. The van der Waals surface area contributed by atoms with Crippen LogP contribution in [-0.2, 0) is 10.2 Å². The van der Waals surface area contributed by atoms with E-state index < -0.39 is 29.6 Å². The van der Waals surface area contributed by atoms with E-state index in [9.17, 15) is 18.8 Å². The van der Waals surface area contributed by atoms with Crippen LogP contribution in [-0.4, -0.2) is 23.8 Å². The highest BCUT2D eigenvalue weighted by molar-refractivity contribution is 5.99. The van der Waals surface area contributed by atoms with Gasteiger partial charge in [-0.05, 0) is 42.2 Å². The molecule has 0 saturated carbocycles. The van der Waals surface area contributed by atoms with Crippen LogP contribution in [0, 0.1) is 5.82 Å². The van der Waals surface area contributed by atoms with Gasteiger partial charge in [0.2, 0.25) is 0 Å². The van der Waals surface area contributed by atoms with Crippen LogP contribution >= 0.6 is 0 Å². The van der Waals surface area contributed by atoms with E-state index in [1.54, 1.807) is 12.1 Å². The third-order valence-corrected chi connectivity index (χ3v) is 4.17. The summed E-state index contributed by atoms with van der Waals surface area (Å²) >= 11 is 0. The van der Waals surface area contributed by atoms with Crippen LogP contribution in [0.25, 0.3) is 0 Å². The fourth-order valence-corrected chi connectivity index (χ4v) is 2.41. The van der Waals surface area contributed by atoms with Gasteiger partial charge in [-0.3, -0.25) is 25.2 Å². The lowest BCUT2D eigenvalue weighted by atomic mass is 9.87. The van der Waals surface area contributed by atoms with Crippen molar-refractivity contribution in [3.8, 4) is 0 Å². The standard InChI is InChI=1S/C21H24FN3O3/c1-13(23-20(28)16-7-5-6-8-17(16)22)18(26)24-25-19(27)14-9-11-15(12-10-14)21(2,3)4/h5-13H,1-4H3,(H,23,28)(H,24,26)(H,25,27)/t13-/m1/s1. The third kappa shape index (κ3) is 5.39. The Kier molecular flexibility index (Phi) is 6.51. The summed E-state index contributed by atoms with van der Waals surface area (Å²) in [7, 11) is 0. The van der Waals surface area contributed by atoms with E-state index in [1.165, 1.54) is 25.1 Å². The summed E-state index contributed by atoms with van der Waals surface area (Å²) in [5.41, 5.74) is 5.82. The third-order valence-electron chi connectivity index (χ3n) is 4.17. The lowest BCUT2D eigenvalue weighted by Crippen LogP contribution is -2.51. The molecule has 0 fully saturated rings. The minimum Gasteiger partial charge on any atom is -0.340 e. The summed E-state index contributed by atoms with van der Waals surface area (Å²) in [6.45, 7) is 7.64. The average Bonchev–Trinajstić information content (AvgIpc) is 2.65. The van der Waals surface area contributed by atoms with Gasteiger partial charge in [0.05, 0.1) is 5.56 Å². The minimum absolute atomic E-state index is 0.0327. The highest BCUT2D eigenvalue weighted by Crippen LogP contribution is 2.22. The molecule has 0 radical (unpaired) electrons. The molecule has 2 aromatic carbocycles. The van der Waals surface area contributed by atoms with E-state index in [4.69, 9.17) is 0 Å². The number of benzene rings is 2. The van der Waals surface area contributed by atoms with Crippen LogP contribution in [0.4, 0.5) is 4.39 Å². The summed E-state index contributed by atoms with van der Waals surface area (Å²) in [6, 6.07) is 11.5. The first-order chi connectivity index (χ1) is 13.1. The topological polar surface area (TPSA) is 87.3 Å². The van der Waals surface area contributed by atoms with E-state index in [0.717, 1.165) is 11.6 Å². The van der Waals surface area contributed by atoms with Gasteiger partial charge in [-0.2, -0.15) is 0 Å². The zero-order valence-electron chi connectivity index (χ0n) is 16.3. The van der Waals surface area contributed by atoms with Crippen LogP contribution in [0.2, 0.25) is 0 Å². The van der Waals surface area contributed by atoms with E-state index in [2.05, 4.69) is 36.9 Å². The molecular formula is C21H24FN3O3. The van der Waals surface area contributed by atoms with Gasteiger partial charge in [-0.1, -0.05) is 45.0 Å². The molecule has 0 aliphatic heterocycles. The van der Waals surface area contributed by atoms with Crippen molar-refractivity contribution in [2.75, 3.05) is 0 Å². The van der Waals surface area contributed by atoms with Crippen molar-refractivity contribution in [3.63, 3.8) is 0 Å². The van der Waals surface area contributed by atoms with Crippen LogP contribution in [0.1, 0.15) is 54.0 Å². The van der Waals surface area contributed by atoms with Gasteiger partial charge < -0.3 is 5.32 Å². The number of hydrogen-bond acceptors (Lipinski definition) is 3. The maximum atomic E-state index is 13.6. The second-order valence-corrected chi connectivity index (χ2v) is 7.45. The van der Waals surface area contributed by atoms with Crippen LogP contribution in [0.15, 0.2) is 48.5 Å². The number of carbonyl (C=O) groups excluding carboxylic acids is 3. The van der Waals surface area contributed by atoms with E-state index in [0.29, 0.717) is 5.56 Å². The minimum atomic E-state index is -0.976. The molecule has 3 N–H and O–H groups in total. The molecule has 148 valence electrons. The zero-order valence-corrected chi connectivity index (χ0v) is 16.3. The van der Waals surface area contributed by atoms with Crippen LogP contribution in [0.3, 0.4) is 0 Å². The van der Waals surface area contributed by atoms with Crippen LogP contribution in [0.5, 0.6) is 0 Å². The number of amides is 3. The second kappa shape index (κ2) is 8.65. The summed E-state index contributed by atoms with van der Waals surface area (Å²) in [4.78, 5) is 36.3. The van der Waals surface area contributed by atoms with Gasteiger partial charge in [0.1, 0.15) is 11.9 Å². The molecule has 2 rings (SSSR count). The number of nitrogens with one attached hydrogen (secondary N) is 3. The largest absolute Gasteiger partial charge is 0.340 e. The second-order valence-electron chi connectivity index (χ2n) is 7.45. The molecule has 7 heteroatoms. The fraction of sp³-hybridized carbons (Fsp3) is 0.286. The molecule has 3 amide bonds. The van der Waals surface area contributed by atoms with Crippen molar-refractivity contribution in [2.24, 2.45) is 0 Å². The van der Waals surface area contributed by atoms with Crippen LogP contribution < -0.4 is 16.2 Å². The predicted molar refractivity (Wildman–Crippen MR) is 104 cm³/mol. The smallest absolute Gasteiger partial charge is 0.269 e. The first-order valence-corrected chi connectivity index (χ1v) is 8.85. The molecule has 0 aliphatic rings. The molecule has 28 heavy (non-hydrogen) atoms. The summed E-state index contributed by atoms with van der Waals surface area (Å²) in [5, 5.41) is 2.38. The Morgan fingerprint density at radius 1 is 0.893 bits per heavy atom. The number of hydrogen-bond donors (Lipinski definition) is 3. The molecule has 6 nitrogen and oxygen atoms in total. The molecule has 0 heterocycles. The van der Waals surface area contributed by atoms with Gasteiger partial charge in [0.15, 0.2) is 0 Å². The normalized spacial score (nSPS) is 12.0. The number of halogens is 1. The Balaban J connectivity index is 1.89. The van der Waals surface area contributed by atoms with Gasteiger partial charge in [0, 0.05) is 5.56 Å². The maximum absolute atomic E-state index is 13.6. The molecular weight excluding hydrogens is 361 g/mol. The Bertz CT molecular complexity index is 873. The van der Waals surface area contributed by atoms with E-state index in [1.807, 2.05) is 12.1 Å². The van der Waals surface area contributed by atoms with Crippen molar-refractivity contribution in [2.45, 2.75) is 39.2 Å². The molecule has 0 unspecified atom stereocenters. The first kappa shape index (κ1) is 21.1. The highest BCUT2D eigenvalue weighted by atomic mass is 19.1. The zero-order chi connectivity index (χ0) is 20.9. The predicted octanol–water partition coefficient (Wildman–Crippen LogP) is 2.70. The van der Waals surface area contributed by atoms with Crippen molar-refractivity contribution < 1.29 is 18.8 Å². The van der Waals surface area contributed by atoms with Crippen molar-refractivity contribution in [3.05, 3.63) is 71.0 Å². The molecule has 0 spiro atoms. The molecule has 0 aromatic heterocycles. The van der Waals surface area contributed by atoms with Crippen molar-refractivity contribution in [1.82, 2.24) is 16.2 Å². The number of carbonyl (C=O) groups is 3. The van der Waals surface area contributed by atoms with Gasteiger partial charge in [0.25, 0.3) is 17.7 Å². The van der Waals surface area contributed by atoms with Gasteiger partial charge in [-0.25, -0.2) is 4.39 Å². The Hall–Kier alpha value is -3.22. The molecule has 0 aliphatic carbocycles. The molecule has 0 bridgehead atoms. The summed E-state index contributed by atoms with van der Waals surface area (Å²) < 4.78 is 13.6. The number of hydrazine groups is 1. The summed E-state index contributed by atoms with van der Waals surface area (Å²) in [6.07, 6.45) is 0. The van der Waals surface area contributed by atoms with Gasteiger partial charge >= 0.3 is 0 Å². The monoisotopic (exact) mass is 385 g/mol. The Labute approximate surface area is 163 Å².